The Morgan fingerprint density at radius 1 is 1.00 bits per heavy atom. The number of benzene rings is 2. The van der Waals surface area contributed by atoms with Gasteiger partial charge in [-0.25, -0.2) is 4.68 Å². The summed E-state index contributed by atoms with van der Waals surface area (Å²) in [6.45, 7) is 1.95. The predicted octanol–water partition coefficient (Wildman–Crippen LogP) is 3.50. The first kappa shape index (κ1) is 15.3. The normalized spacial score (nSPS) is 9.96. The highest BCUT2D eigenvalue weighted by Gasteiger charge is 2.17. The molecule has 0 aliphatic rings. The summed E-state index contributed by atoms with van der Waals surface area (Å²) in [6, 6.07) is 20.9. The Morgan fingerprint density at radius 3 is 2.42 bits per heavy atom. The van der Waals surface area contributed by atoms with Crippen molar-refractivity contribution in [3.05, 3.63) is 77.1 Å². The Hall–Kier alpha value is -3.57. The molecule has 0 atom stereocenters. The zero-order valence-electron chi connectivity index (χ0n) is 13.1. The van der Waals surface area contributed by atoms with Crippen molar-refractivity contribution < 1.29 is 4.74 Å². The molecular formula is C19H14N4O. The number of hydrogen-bond acceptors (Lipinski definition) is 4. The number of aromatic nitrogens is 2. The number of nitriles is 2. The molecule has 1 aromatic heterocycles. The van der Waals surface area contributed by atoms with Gasteiger partial charge in [0.2, 0.25) is 0 Å². The smallest absolute Gasteiger partial charge is 0.137 e. The van der Waals surface area contributed by atoms with Gasteiger partial charge in [0.25, 0.3) is 0 Å². The summed E-state index contributed by atoms with van der Waals surface area (Å²) in [4.78, 5) is 0. The molecule has 0 saturated heterocycles. The van der Waals surface area contributed by atoms with Crippen LogP contribution >= 0.6 is 0 Å². The molecular weight excluding hydrogens is 300 g/mol. The topological polar surface area (TPSA) is 74.6 Å². The number of para-hydroxylation sites is 2. The first-order valence-corrected chi connectivity index (χ1v) is 7.40. The van der Waals surface area contributed by atoms with Crippen molar-refractivity contribution in [3.63, 3.8) is 0 Å². The highest BCUT2D eigenvalue weighted by molar-refractivity contribution is 5.45. The van der Waals surface area contributed by atoms with Gasteiger partial charge in [-0.05, 0) is 31.2 Å². The van der Waals surface area contributed by atoms with E-state index in [1.54, 1.807) is 35.9 Å². The van der Waals surface area contributed by atoms with E-state index < -0.39 is 0 Å². The van der Waals surface area contributed by atoms with E-state index in [0.29, 0.717) is 28.3 Å². The van der Waals surface area contributed by atoms with Crippen LogP contribution in [0.5, 0.6) is 5.75 Å². The third-order valence-electron chi connectivity index (χ3n) is 3.64. The van der Waals surface area contributed by atoms with Crippen molar-refractivity contribution in [2.45, 2.75) is 13.5 Å². The summed E-state index contributed by atoms with van der Waals surface area (Å²) in [6.07, 6.45) is 0. The molecule has 2 aromatic carbocycles. The molecule has 0 saturated carbocycles. The monoisotopic (exact) mass is 314 g/mol. The maximum atomic E-state index is 9.45. The fourth-order valence-corrected chi connectivity index (χ4v) is 2.47. The number of hydrogen-bond donors (Lipinski definition) is 0. The Labute approximate surface area is 140 Å². The maximum absolute atomic E-state index is 9.45. The first-order valence-electron chi connectivity index (χ1n) is 7.40. The molecule has 1 heterocycles. The Balaban J connectivity index is 1.99. The van der Waals surface area contributed by atoms with Crippen molar-refractivity contribution in [2.24, 2.45) is 0 Å². The molecule has 5 nitrogen and oxygen atoms in total. The van der Waals surface area contributed by atoms with Gasteiger partial charge in [-0.15, -0.1) is 0 Å². The summed E-state index contributed by atoms with van der Waals surface area (Å²) in [5.41, 5.74) is 3.11. The van der Waals surface area contributed by atoms with Crippen LogP contribution in [0.1, 0.15) is 22.5 Å². The van der Waals surface area contributed by atoms with Gasteiger partial charge in [0.15, 0.2) is 0 Å². The first-order chi connectivity index (χ1) is 11.7. The average molecular weight is 314 g/mol. The highest BCUT2D eigenvalue weighted by Crippen LogP contribution is 2.22. The van der Waals surface area contributed by atoms with Gasteiger partial charge in [-0.3, -0.25) is 0 Å². The van der Waals surface area contributed by atoms with Crippen LogP contribution in [0.15, 0.2) is 54.6 Å². The van der Waals surface area contributed by atoms with Gasteiger partial charge in [-0.2, -0.15) is 15.6 Å². The Morgan fingerprint density at radius 2 is 1.71 bits per heavy atom. The van der Waals surface area contributed by atoms with Gasteiger partial charge in [0.1, 0.15) is 30.1 Å². The van der Waals surface area contributed by atoms with Crippen LogP contribution < -0.4 is 4.74 Å². The van der Waals surface area contributed by atoms with Crippen LogP contribution in [0.3, 0.4) is 0 Å². The third-order valence-corrected chi connectivity index (χ3v) is 3.64. The van der Waals surface area contributed by atoms with Crippen molar-refractivity contribution >= 4 is 0 Å². The third kappa shape index (κ3) is 2.84. The molecule has 0 fully saturated rings. The second-order valence-corrected chi connectivity index (χ2v) is 5.16. The lowest BCUT2D eigenvalue weighted by molar-refractivity contribution is 0.296. The van der Waals surface area contributed by atoms with Crippen LogP contribution in [0, 0.1) is 29.6 Å². The van der Waals surface area contributed by atoms with E-state index in [9.17, 15) is 5.26 Å². The summed E-state index contributed by atoms with van der Waals surface area (Å²) >= 11 is 0. The molecule has 3 rings (SSSR count). The van der Waals surface area contributed by atoms with Gasteiger partial charge in [-0.1, -0.05) is 30.3 Å². The van der Waals surface area contributed by atoms with E-state index in [1.165, 1.54) is 0 Å². The Bertz CT molecular complexity index is 946. The molecule has 24 heavy (non-hydrogen) atoms. The summed E-state index contributed by atoms with van der Waals surface area (Å²) in [7, 11) is 0. The number of rotatable bonds is 4. The van der Waals surface area contributed by atoms with Crippen LogP contribution in [0.25, 0.3) is 5.69 Å². The van der Waals surface area contributed by atoms with Crippen LogP contribution in [-0.2, 0) is 6.61 Å². The quantitative estimate of drug-likeness (QED) is 0.738. The minimum Gasteiger partial charge on any atom is -0.486 e. The van der Waals surface area contributed by atoms with Crippen LogP contribution in [0.4, 0.5) is 0 Å². The molecule has 0 bridgehead atoms. The summed E-state index contributed by atoms with van der Waals surface area (Å²) in [5, 5.41) is 23.1. The van der Waals surface area contributed by atoms with Crippen molar-refractivity contribution in [2.75, 3.05) is 0 Å². The van der Waals surface area contributed by atoms with E-state index in [1.807, 2.05) is 30.3 Å². The molecule has 0 spiro atoms. The lowest BCUT2D eigenvalue weighted by Gasteiger charge is -2.10. The summed E-state index contributed by atoms with van der Waals surface area (Å²) in [5.74, 6) is 0.488. The number of ether oxygens (including phenoxy) is 1. The highest BCUT2D eigenvalue weighted by atomic mass is 16.5. The van der Waals surface area contributed by atoms with Gasteiger partial charge in [0.05, 0.1) is 22.6 Å². The van der Waals surface area contributed by atoms with Gasteiger partial charge in [0, 0.05) is 0 Å². The largest absolute Gasteiger partial charge is 0.486 e. The maximum Gasteiger partial charge on any atom is 0.137 e. The number of aryl methyl sites for hydroxylation is 1. The second-order valence-electron chi connectivity index (χ2n) is 5.16. The predicted molar refractivity (Wildman–Crippen MR) is 88.5 cm³/mol. The fraction of sp³-hybridized carbons (Fsp3) is 0.105. The van der Waals surface area contributed by atoms with E-state index >= 15 is 0 Å². The van der Waals surface area contributed by atoms with Crippen molar-refractivity contribution in [1.82, 2.24) is 9.78 Å². The standard InChI is InChI=1S/C19H14N4O/c1-14-17(12-21)18(23(22-14)16-8-3-2-4-9-16)13-24-19-10-6-5-7-15(19)11-20/h2-10H,13H2,1H3. The minimum atomic E-state index is 0.150. The van der Waals surface area contributed by atoms with E-state index in [0.717, 1.165) is 5.69 Å². The van der Waals surface area contributed by atoms with Crippen molar-refractivity contribution in [3.8, 4) is 23.6 Å². The molecule has 0 amide bonds. The molecule has 116 valence electrons. The molecule has 0 aliphatic carbocycles. The van der Waals surface area contributed by atoms with E-state index in [4.69, 9.17) is 10.00 Å². The van der Waals surface area contributed by atoms with Gasteiger partial charge >= 0.3 is 0 Å². The molecule has 0 unspecified atom stereocenters. The second kappa shape index (κ2) is 6.68. The zero-order chi connectivity index (χ0) is 16.9. The molecule has 0 N–H and O–H groups in total. The van der Waals surface area contributed by atoms with Crippen molar-refractivity contribution in [1.29, 1.82) is 10.5 Å². The Kier molecular flexibility index (Phi) is 4.27. The lowest BCUT2D eigenvalue weighted by Crippen LogP contribution is -2.07. The van der Waals surface area contributed by atoms with Crippen LogP contribution in [-0.4, -0.2) is 9.78 Å². The molecule has 5 heteroatoms. The zero-order valence-corrected chi connectivity index (χ0v) is 13.1. The summed E-state index contributed by atoms with van der Waals surface area (Å²) < 4.78 is 7.51. The minimum absolute atomic E-state index is 0.150. The van der Waals surface area contributed by atoms with E-state index in [2.05, 4.69) is 17.2 Å². The fourth-order valence-electron chi connectivity index (χ4n) is 2.47. The molecule has 3 aromatic rings. The molecule has 0 aliphatic heterocycles. The SMILES string of the molecule is Cc1nn(-c2ccccc2)c(COc2ccccc2C#N)c1C#N. The van der Waals surface area contributed by atoms with Gasteiger partial charge < -0.3 is 4.74 Å². The van der Waals surface area contributed by atoms with Crippen LogP contribution in [0.2, 0.25) is 0 Å². The van der Waals surface area contributed by atoms with E-state index in [-0.39, 0.29) is 6.61 Å². The number of nitrogens with zero attached hydrogens (tertiary/aromatic N) is 4. The average Bonchev–Trinajstić information content (AvgIpc) is 2.96. The lowest BCUT2D eigenvalue weighted by atomic mass is 10.2. The molecule has 0 radical (unpaired) electrons.